The number of benzene rings is 2. The molecule has 2 aromatic carbocycles. The minimum atomic E-state index is -1.11. The molecular formula is C20H20FN3O3. The zero-order valence-corrected chi connectivity index (χ0v) is 14.8. The Hall–Kier alpha value is -3.22. The van der Waals surface area contributed by atoms with Gasteiger partial charge in [0.05, 0.1) is 0 Å². The van der Waals surface area contributed by atoms with Gasteiger partial charge in [0.25, 0.3) is 0 Å². The van der Waals surface area contributed by atoms with Crippen molar-refractivity contribution in [3.63, 3.8) is 0 Å². The third-order valence-electron chi connectivity index (χ3n) is 4.48. The van der Waals surface area contributed by atoms with Gasteiger partial charge >= 0.3 is 0 Å². The highest BCUT2D eigenvalue weighted by Crippen LogP contribution is 2.47. The molecule has 27 heavy (non-hydrogen) atoms. The van der Waals surface area contributed by atoms with Crippen molar-refractivity contribution >= 4 is 29.1 Å². The maximum atomic E-state index is 13.7. The fourth-order valence-corrected chi connectivity index (χ4v) is 2.76. The number of hydrogen-bond donors (Lipinski definition) is 3. The van der Waals surface area contributed by atoms with Gasteiger partial charge in [0.1, 0.15) is 11.2 Å². The lowest BCUT2D eigenvalue weighted by atomic mass is 10.0. The summed E-state index contributed by atoms with van der Waals surface area (Å²) in [5, 5.41) is 8.02. The average molecular weight is 369 g/mol. The summed E-state index contributed by atoms with van der Waals surface area (Å²) in [5.74, 6) is -1.37. The summed E-state index contributed by atoms with van der Waals surface area (Å²) in [6, 6.07) is 12.8. The Morgan fingerprint density at radius 2 is 1.52 bits per heavy atom. The third-order valence-corrected chi connectivity index (χ3v) is 4.48. The number of carbonyl (C=O) groups excluding carboxylic acids is 3. The van der Waals surface area contributed by atoms with E-state index in [2.05, 4.69) is 16.0 Å². The number of rotatable bonds is 6. The highest BCUT2D eigenvalue weighted by Gasteiger charge is 2.56. The average Bonchev–Trinajstić information content (AvgIpc) is 3.44. The van der Waals surface area contributed by atoms with Gasteiger partial charge in [-0.1, -0.05) is 18.2 Å². The molecule has 3 rings (SSSR count). The summed E-state index contributed by atoms with van der Waals surface area (Å²) >= 11 is 0. The molecule has 6 nitrogen and oxygen atoms in total. The van der Waals surface area contributed by atoms with Crippen molar-refractivity contribution in [1.29, 1.82) is 0 Å². The van der Waals surface area contributed by atoms with Crippen molar-refractivity contribution in [2.75, 3.05) is 10.6 Å². The number of carbonyl (C=O) groups is 3. The smallest absolute Gasteiger partial charge is 0.240 e. The molecule has 0 aromatic heterocycles. The standard InChI is InChI=1S/C20H20FN3O3/c1-13(25)23-15-6-8-16(9-7-15)24-19(27)20(10-11-20)18(26)22-12-14-4-2-3-5-17(14)21/h2-9H,10-12H2,1H3,(H,22,26)(H,23,25)(H,24,27). The summed E-state index contributed by atoms with van der Waals surface area (Å²) in [6.07, 6.45) is 0.901. The molecule has 7 heteroatoms. The summed E-state index contributed by atoms with van der Waals surface area (Å²) in [5.41, 5.74) is 0.406. The Bertz CT molecular complexity index is 876. The van der Waals surface area contributed by atoms with Crippen molar-refractivity contribution in [1.82, 2.24) is 5.32 Å². The molecule has 1 aliphatic carbocycles. The highest BCUT2D eigenvalue weighted by molar-refractivity contribution is 6.13. The summed E-state index contributed by atoms with van der Waals surface area (Å²) in [6.45, 7) is 1.44. The van der Waals surface area contributed by atoms with Crippen LogP contribution in [0.3, 0.4) is 0 Å². The lowest BCUT2D eigenvalue weighted by molar-refractivity contribution is -0.134. The molecule has 0 aliphatic heterocycles. The molecule has 1 aliphatic rings. The summed E-state index contributed by atoms with van der Waals surface area (Å²) in [4.78, 5) is 36.1. The van der Waals surface area contributed by atoms with Gasteiger partial charge in [-0.15, -0.1) is 0 Å². The first kappa shape index (κ1) is 18.6. The van der Waals surface area contributed by atoms with Crippen molar-refractivity contribution < 1.29 is 18.8 Å². The van der Waals surface area contributed by atoms with E-state index in [1.54, 1.807) is 42.5 Å². The number of halogens is 1. The van der Waals surface area contributed by atoms with Crippen LogP contribution in [0.5, 0.6) is 0 Å². The molecule has 1 fully saturated rings. The van der Waals surface area contributed by atoms with E-state index >= 15 is 0 Å². The van der Waals surface area contributed by atoms with Crippen molar-refractivity contribution in [2.24, 2.45) is 5.41 Å². The van der Waals surface area contributed by atoms with Gasteiger partial charge in [0, 0.05) is 30.4 Å². The largest absolute Gasteiger partial charge is 0.351 e. The Balaban J connectivity index is 1.59. The van der Waals surface area contributed by atoms with Crippen molar-refractivity contribution in [3.8, 4) is 0 Å². The second-order valence-electron chi connectivity index (χ2n) is 6.57. The molecule has 3 N–H and O–H groups in total. The van der Waals surface area contributed by atoms with Crippen LogP contribution < -0.4 is 16.0 Å². The molecule has 3 amide bonds. The van der Waals surface area contributed by atoms with Crippen LogP contribution in [0.25, 0.3) is 0 Å². The van der Waals surface area contributed by atoms with Gasteiger partial charge in [-0.05, 0) is 43.2 Å². The second kappa shape index (κ2) is 7.57. The first-order valence-corrected chi connectivity index (χ1v) is 8.61. The SMILES string of the molecule is CC(=O)Nc1ccc(NC(=O)C2(C(=O)NCc3ccccc3F)CC2)cc1. The fourth-order valence-electron chi connectivity index (χ4n) is 2.76. The molecular weight excluding hydrogens is 349 g/mol. The van der Waals surface area contributed by atoms with E-state index in [1.165, 1.54) is 13.0 Å². The van der Waals surface area contributed by atoms with Crippen molar-refractivity contribution in [3.05, 3.63) is 59.9 Å². The van der Waals surface area contributed by atoms with Gasteiger partial charge in [-0.3, -0.25) is 14.4 Å². The Kier molecular flexibility index (Phi) is 5.21. The first-order chi connectivity index (χ1) is 12.9. The van der Waals surface area contributed by atoms with Crippen LogP contribution in [-0.4, -0.2) is 17.7 Å². The van der Waals surface area contributed by atoms with Gasteiger partial charge in [-0.2, -0.15) is 0 Å². The van der Waals surface area contributed by atoms with Crippen LogP contribution in [-0.2, 0) is 20.9 Å². The van der Waals surface area contributed by atoms with Crippen LogP contribution in [0.2, 0.25) is 0 Å². The van der Waals surface area contributed by atoms with E-state index < -0.39 is 17.1 Å². The molecule has 0 spiro atoms. The van der Waals surface area contributed by atoms with E-state index in [0.717, 1.165) is 0 Å². The number of hydrogen-bond acceptors (Lipinski definition) is 3. The molecule has 0 atom stereocenters. The molecule has 0 saturated heterocycles. The van der Waals surface area contributed by atoms with Gasteiger partial charge in [-0.25, -0.2) is 4.39 Å². The van der Waals surface area contributed by atoms with E-state index in [4.69, 9.17) is 0 Å². The first-order valence-electron chi connectivity index (χ1n) is 8.61. The van der Waals surface area contributed by atoms with Crippen LogP contribution in [0.15, 0.2) is 48.5 Å². The molecule has 2 aromatic rings. The lowest BCUT2D eigenvalue weighted by Gasteiger charge is -2.16. The van der Waals surface area contributed by atoms with E-state index in [0.29, 0.717) is 29.8 Å². The maximum absolute atomic E-state index is 13.7. The minimum Gasteiger partial charge on any atom is -0.351 e. The summed E-state index contributed by atoms with van der Waals surface area (Å²) < 4.78 is 13.7. The Morgan fingerprint density at radius 1 is 0.926 bits per heavy atom. The lowest BCUT2D eigenvalue weighted by Crippen LogP contribution is -2.39. The fraction of sp³-hybridized carbons (Fsp3) is 0.250. The zero-order chi connectivity index (χ0) is 19.4. The van der Waals surface area contributed by atoms with Crippen molar-refractivity contribution in [2.45, 2.75) is 26.3 Å². The van der Waals surface area contributed by atoms with E-state index in [1.807, 2.05) is 0 Å². The maximum Gasteiger partial charge on any atom is 0.240 e. The highest BCUT2D eigenvalue weighted by atomic mass is 19.1. The Labute approximate surface area is 156 Å². The van der Waals surface area contributed by atoms with Crippen LogP contribution in [0.1, 0.15) is 25.3 Å². The topological polar surface area (TPSA) is 87.3 Å². The molecule has 0 bridgehead atoms. The molecule has 1 saturated carbocycles. The monoisotopic (exact) mass is 369 g/mol. The minimum absolute atomic E-state index is 0.0337. The van der Waals surface area contributed by atoms with E-state index in [9.17, 15) is 18.8 Å². The Morgan fingerprint density at radius 3 is 2.07 bits per heavy atom. The van der Waals surface area contributed by atoms with E-state index in [-0.39, 0.29) is 18.4 Å². The summed E-state index contributed by atoms with van der Waals surface area (Å²) in [7, 11) is 0. The predicted molar refractivity (Wildman–Crippen MR) is 99.3 cm³/mol. The van der Waals surface area contributed by atoms with Crippen LogP contribution >= 0.6 is 0 Å². The molecule has 0 unspecified atom stereocenters. The number of anilines is 2. The van der Waals surface area contributed by atoms with Gasteiger partial charge in [0.2, 0.25) is 17.7 Å². The van der Waals surface area contributed by atoms with Gasteiger partial charge in [0.15, 0.2) is 0 Å². The number of amides is 3. The third kappa shape index (κ3) is 4.31. The second-order valence-corrected chi connectivity index (χ2v) is 6.57. The van der Waals surface area contributed by atoms with Crippen LogP contribution in [0.4, 0.5) is 15.8 Å². The molecule has 0 heterocycles. The zero-order valence-electron chi connectivity index (χ0n) is 14.8. The quantitative estimate of drug-likeness (QED) is 0.684. The molecule has 140 valence electrons. The normalized spacial score (nSPS) is 14.1. The number of nitrogens with one attached hydrogen (secondary N) is 3. The molecule has 0 radical (unpaired) electrons. The van der Waals surface area contributed by atoms with Gasteiger partial charge < -0.3 is 16.0 Å². The predicted octanol–water partition coefficient (Wildman–Crippen LogP) is 2.82. The van der Waals surface area contributed by atoms with Crippen LogP contribution in [0, 0.1) is 11.2 Å².